The Morgan fingerprint density at radius 3 is 2.17 bits per heavy atom. The Labute approximate surface area is 216 Å². The maximum absolute atomic E-state index is 12.1. The molecule has 0 atom stereocenters. The molecular formula is C25H48N8O3. The molecule has 1 amide bonds. The van der Waals surface area contributed by atoms with Crippen LogP contribution in [0.1, 0.15) is 18.9 Å². The lowest BCUT2D eigenvalue weighted by Crippen LogP contribution is -2.64. The van der Waals surface area contributed by atoms with Gasteiger partial charge in [0.1, 0.15) is 0 Å². The Kier molecular flexibility index (Phi) is 15.4. The summed E-state index contributed by atoms with van der Waals surface area (Å²) in [6, 6.07) is 4.42. The number of carbonyl (C=O) groups excluding carboxylic acids is 1. The van der Waals surface area contributed by atoms with Gasteiger partial charge in [0.15, 0.2) is 11.5 Å². The predicted molar refractivity (Wildman–Crippen MR) is 145 cm³/mol. The van der Waals surface area contributed by atoms with E-state index in [-0.39, 0.29) is 29.4 Å². The average Bonchev–Trinajstić information content (AvgIpc) is 2.86. The highest BCUT2D eigenvalue weighted by atomic mass is 16.3. The van der Waals surface area contributed by atoms with Crippen LogP contribution < -0.4 is 42.5 Å². The van der Waals surface area contributed by atoms with E-state index in [2.05, 4.69) is 49.5 Å². The molecule has 1 aromatic rings. The molecule has 36 heavy (non-hydrogen) atoms. The van der Waals surface area contributed by atoms with E-state index in [1.807, 2.05) is 0 Å². The van der Waals surface area contributed by atoms with Gasteiger partial charge in [-0.2, -0.15) is 0 Å². The quantitative estimate of drug-likeness (QED) is 0.114. The zero-order chi connectivity index (χ0) is 25.9. The lowest BCUT2D eigenvalue weighted by Gasteiger charge is -2.36. The Morgan fingerprint density at radius 1 is 0.861 bits per heavy atom. The molecule has 0 aromatic heterocycles. The first-order chi connectivity index (χ1) is 17.5. The van der Waals surface area contributed by atoms with Crippen LogP contribution in [0, 0.1) is 0 Å². The third-order valence-electron chi connectivity index (χ3n) is 6.11. The van der Waals surface area contributed by atoms with E-state index in [0.717, 1.165) is 85.0 Å². The largest absolute Gasteiger partial charge is 0.504 e. The number of amides is 1. The van der Waals surface area contributed by atoms with Gasteiger partial charge in [-0.1, -0.05) is 13.0 Å². The molecule has 0 aliphatic carbocycles. The minimum atomic E-state index is -0.215. The van der Waals surface area contributed by atoms with Gasteiger partial charge in [-0.05, 0) is 43.8 Å². The topological polar surface area (TPSA) is 154 Å². The fourth-order valence-corrected chi connectivity index (χ4v) is 4.19. The Bertz CT molecular complexity index is 723. The van der Waals surface area contributed by atoms with Gasteiger partial charge in [0.05, 0.1) is 12.0 Å². The summed E-state index contributed by atoms with van der Waals surface area (Å²) in [4.78, 5) is 12.1. The van der Waals surface area contributed by atoms with Gasteiger partial charge >= 0.3 is 0 Å². The van der Waals surface area contributed by atoms with E-state index in [4.69, 9.17) is 0 Å². The van der Waals surface area contributed by atoms with Gasteiger partial charge in [-0.3, -0.25) is 4.79 Å². The Morgan fingerprint density at radius 2 is 1.50 bits per heavy atom. The summed E-state index contributed by atoms with van der Waals surface area (Å²) in [7, 11) is 0. The number of aromatic hydroxyl groups is 2. The second-order valence-corrected chi connectivity index (χ2v) is 9.29. The van der Waals surface area contributed by atoms with Crippen LogP contribution in [-0.4, -0.2) is 113 Å². The zero-order valence-electron chi connectivity index (χ0n) is 21.8. The van der Waals surface area contributed by atoms with Crippen LogP contribution in [0.3, 0.4) is 0 Å². The van der Waals surface area contributed by atoms with Crippen molar-refractivity contribution in [3.63, 3.8) is 0 Å². The molecule has 1 heterocycles. The highest BCUT2D eigenvalue weighted by molar-refractivity contribution is 5.78. The molecule has 0 unspecified atom stereocenters. The maximum atomic E-state index is 12.1. The zero-order valence-corrected chi connectivity index (χ0v) is 21.8. The smallest absolute Gasteiger partial charge is 0.224 e. The first-order valence-electron chi connectivity index (χ1n) is 13.3. The normalized spacial score (nSPS) is 17.8. The summed E-state index contributed by atoms with van der Waals surface area (Å²) in [5, 5.41) is 46.6. The van der Waals surface area contributed by atoms with Crippen LogP contribution in [0.5, 0.6) is 11.5 Å². The van der Waals surface area contributed by atoms with Crippen LogP contribution >= 0.6 is 0 Å². The standard InChI is InChI=1S/C25H48N8O3/c1-2-33-25(18-29-11-8-26-6-3-7-27-9-12-30-19-25)20-31-13-10-28-14-15-32-24(36)17-21-4-5-22(34)23(35)16-21/h4-5,16,26-31,33-35H,2-3,6-15,17-20H2,1H3,(H,32,36). The molecule has 1 saturated heterocycles. The number of phenolic OH excluding ortho intramolecular Hbond substituents is 2. The van der Waals surface area contributed by atoms with Crippen molar-refractivity contribution >= 4 is 5.91 Å². The van der Waals surface area contributed by atoms with Crippen molar-refractivity contribution in [2.75, 3.05) is 91.6 Å². The van der Waals surface area contributed by atoms with Crippen molar-refractivity contribution in [3.05, 3.63) is 23.8 Å². The van der Waals surface area contributed by atoms with Crippen LogP contribution in [0.2, 0.25) is 0 Å². The Balaban J connectivity index is 1.63. The van der Waals surface area contributed by atoms with Crippen molar-refractivity contribution in [1.29, 1.82) is 0 Å². The molecule has 1 aliphatic rings. The van der Waals surface area contributed by atoms with Crippen LogP contribution in [0.4, 0.5) is 0 Å². The predicted octanol–water partition coefficient (Wildman–Crippen LogP) is -1.95. The molecule has 11 nitrogen and oxygen atoms in total. The fourth-order valence-electron chi connectivity index (χ4n) is 4.19. The van der Waals surface area contributed by atoms with Crippen LogP contribution in [-0.2, 0) is 11.2 Å². The number of likely N-dealkylation sites (N-methyl/N-ethyl adjacent to an activating group) is 1. The molecule has 0 radical (unpaired) electrons. The average molecular weight is 509 g/mol. The van der Waals surface area contributed by atoms with Crippen molar-refractivity contribution in [2.45, 2.75) is 25.3 Å². The molecule has 0 spiro atoms. The highest BCUT2D eigenvalue weighted by Crippen LogP contribution is 2.24. The molecule has 206 valence electrons. The summed E-state index contributed by atoms with van der Waals surface area (Å²) in [6.45, 7) is 14.4. The number of nitrogens with one attached hydrogen (secondary N) is 8. The van der Waals surface area contributed by atoms with Gasteiger partial charge in [-0.25, -0.2) is 0 Å². The summed E-state index contributed by atoms with van der Waals surface area (Å²) >= 11 is 0. The molecular weight excluding hydrogens is 460 g/mol. The lowest BCUT2D eigenvalue weighted by molar-refractivity contribution is -0.120. The van der Waals surface area contributed by atoms with Gasteiger partial charge in [-0.15, -0.1) is 0 Å². The summed E-state index contributed by atoms with van der Waals surface area (Å²) in [5.41, 5.74) is 0.582. The minimum absolute atomic E-state index is 0.0739. The Hall–Kier alpha value is -1.99. The van der Waals surface area contributed by atoms with Gasteiger partial charge in [0, 0.05) is 72.0 Å². The maximum Gasteiger partial charge on any atom is 0.224 e. The third-order valence-corrected chi connectivity index (χ3v) is 6.11. The summed E-state index contributed by atoms with van der Waals surface area (Å²) in [6.07, 6.45) is 1.31. The molecule has 10 N–H and O–H groups in total. The second-order valence-electron chi connectivity index (χ2n) is 9.29. The number of benzene rings is 1. The third kappa shape index (κ3) is 12.8. The van der Waals surface area contributed by atoms with Crippen molar-refractivity contribution in [1.82, 2.24) is 42.5 Å². The van der Waals surface area contributed by atoms with Crippen LogP contribution in [0.25, 0.3) is 0 Å². The lowest BCUT2D eigenvalue weighted by atomic mass is 9.98. The fraction of sp³-hybridized carbons (Fsp3) is 0.720. The molecule has 0 saturated carbocycles. The molecule has 1 aromatic carbocycles. The minimum Gasteiger partial charge on any atom is -0.504 e. The van der Waals surface area contributed by atoms with Gasteiger partial charge < -0.3 is 52.7 Å². The molecule has 0 bridgehead atoms. The van der Waals surface area contributed by atoms with E-state index in [9.17, 15) is 15.0 Å². The second kappa shape index (κ2) is 18.3. The molecule has 11 heteroatoms. The first-order valence-corrected chi connectivity index (χ1v) is 13.3. The van der Waals surface area contributed by atoms with E-state index < -0.39 is 0 Å². The van der Waals surface area contributed by atoms with Crippen molar-refractivity contribution in [3.8, 4) is 11.5 Å². The van der Waals surface area contributed by atoms with E-state index in [1.165, 1.54) is 12.1 Å². The van der Waals surface area contributed by atoms with Crippen molar-refractivity contribution in [2.24, 2.45) is 0 Å². The van der Waals surface area contributed by atoms with E-state index >= 15 is 0 Å². The first kappa shape index (κ1) is 30.2. The van der Waals surface area contributed by atoms with Gasteiger partial charge in [0.25, 0.3) is 0 Å². The highest BCUT2D eigenvalue weighted by Gasteiger charge is 2.28. The number of phenols is 2. The number of carbonyl (C=O) groups is 1. The summed E-state index contributed by atoms with van der Waals surface area (Å²) < 4.78 is 0. The van der Waals surface area contributed by atoms with Crippen LogP contribution in [0.15, 0.2) is 18.2 Å². The molecule has 1 fully saturated rings. The summed E-state index contributed by atoms with van der Waals surface area (Å²) in [5.74, 6) is -0.521. The van der Waals surface area contributed by atoms with E-state index in [1.54, 1.807) is 6.07 Å². The van der Waals surface area contributed by atoms with E-state index in [0.29, 0.717) is 18.7 Å². The number of rotatable bonds is 12. The number of hydrogen-bond acceptors (Lipinski definition) is 10. The van der Waals surface area contributed by atoms with Crippen molar-refractivity contribution < 1.29 is 15.0 Å². The van der Waals surface area contributed by atoms with Gasteiger partial charge in [0.2, 0.25) is 5.91 Å². The molecule has 2 rings (SSSR count). The number of hydrogen-bond donors (Lipinski definition) is 10. The SMILES string of the molecule is CCNC1(CNCCNCCNC(=O)Cc2ccc(O)c(O)c2)CNCCNCCCNCCNC1. The molecule has 1 aliphatic heterocycles. The monoisotopic (exact) mass is 508 g/mol.